The Balaban J connectivity index is 0.000000185. The fourth-order valence-corrected chi connectivity index (χ4v) is 2.81. The molecule has 21 nitrogen and oxygen atoms in total. The minimum absolute atomic E-state index is 0.0208. The standard InChI is InChI=1S/C10H9N7O3.C5H5N3O2.C4H5N5O/c1-5-2-6(20-14-5)3-17-10(19)16-4-12-7(8(11)18)9(16)13-15-17;1-4-7-5(10-8-4)2-6-3-9;5-3(10)2-4(9-6)8-1-7-2/h2,4H,3H2,1H3,(H2,11,18);2H2,1H3;1,6H,(H2,5,10)(H,7,8). The highest BCUT2D eigenvalue weighted by atomic mass is 16.5. The zero-order valence-corrected chi connectivity index (χ0v) is 20.7. The van der Waals surface area contributed by atoms with Crippen LogP contribution in [0.4, 0.5) is 5.82 Å². The molecule has 0 aromatic carbocycles. The van der Waals surface area contributed by atoms with E-state index in [1.807, 2.05) is 0 Å². The number of aromatic amines is 1. The fourth-order valence-electron chi connectivity index (χ4n) is 2.81. The minimum Gasteiger partial charge on any atom is -0.364 e. The molecule has 0 aliphatic rings. The van der Waals surface area contributed by atoms with E-state index in [9.17, 15) is 19.2 Å². The van der Waals surface area contributed by atoms with Gasteiger partial charge >= 0.3 is 5.69 Å². The summed E-state index contributed by atoms with van der Waals surface area (Å²) >= 11 is 0. The minimum atomic E-state index is -0.773. The van der Waals surface area contributed by atoms with Gasteiger partial charge < -0.3 is 25.5 Å². The number of fused-ring (bicyclic) bond motifs is 1. The van der Waals surface area contributed by atoms with E-state index in [2.05, 4.69) is 55.2 Å². The number of hydrogen-bond acceptors (Lipinski definition) is 16. The highest BCUT2D eigenvalue weighted by Crippen LogP contribution is 2.10. The smallest absolute Gasteiger partial charge is 0.353 e. The maximum atomic E-state index is 12.1. The van der Waals surface area contributed by atoms with Crippen LogP contribution in [0.15, 0.2) is 42.7 Å². The molecule has 5 rings (SSSR count). The van der Waals surface area contributed by atoms with Crippen LogP contribution in [0.5, 0.6) is 0 Å². The van der Waals surface area contributed by atoms with Crippen LogP contribution < -0.4 is 17.2 Å². The Morgan fingerprint density at radius 2 is 1.95 bits per heavy atom. The van der Waals surface area contributed by atoms with Gasteiger partial charge in [0.1, 0.15) is 19.4 Å². The average molecular weight is 553 g/mol. The van der Waals surface area contributed by atoms with Crippen LogP contribution in [-0.4, -0.2) is 67.5 Å². The predicted molar refractivity (Wildman–Crippen MR) is 127 cm³/mol. The summed E-state index contributed by atoms with van der Waals surface area (Å²) in [7, 11) is 0. The molecule has 206 valence electrons. The van der Waals surface area contributed by atoms with Crippen LogP contribution in [0.2, 0.25) is 0 Å². The van der Waals surface area contributed by atoms with E-state index >= 15 is 0 Å². The van der Waals surface area contributed by atoms with Crippen LogP contribution in [-0.2, 0) is 17.9 Å². The van der Waals surface area contributed by atoms with Crippen molar-refractivity contribution in [1.82, 2.24) is 49.6 Å². The molecule has 5 heterocycles. The molecule has 5 aromatic rings. The molecule has 0 unspecified atom stereocenters. The number of H-pyrrole nitrogens is 1. The molecule has 5 aromatic heterocycles. The number of hydrogen-bond donors (Lipinski definition) is 4. The molecule has 21 heteroatoms. The number of carbonyl (C=O) groups excluding carboxylic acids is 3. The first-order chi connectivity index (χ1) is 19.1. The van der Waals surface area contributed by atoms with Gasteiger partial charge in [-0.1, -0.05) is 15.5 Å². The van der Waals surface area contributed by atoms with Crippen molar-refractivity contribution >= 4 is 29.4 Å². The van der Waals surface area contributed by atoms with Crippen molar-refractivity contribution in [2.24, 2.45) is 21.6 Å². The van der Waals surface area contributed by atoms with E-state index in [-0.39, 0.29) is 35.9 Å². The maximum Gasteiger partial charge on any atom is 0.353 e. The van der Waals surface area contributed by atoms with Crippen LogP contribution in [0.3, 0.4) is 0 Å². The number of imidazole rings is 2. The SMILES string of the molecule is Cc1cc(Cn2nnc3c(C(N)=O)ncn3c2=O)on1.Cc1noc(CN=C=O)n1.N=Nc1nc[nH]c1C(N)=O. The van der Waals surface area contributed by atoms with E-state index in [1.165, 1.54) is 18.7 Å². The van der Waals surface area contributed by atoms with Crippen LogP contribution in [0.1, 0.15) is 44.1 Å². The molecule has 0 fully saturated rings. The Kier molecular flexibility index (Phi) is 9.08. The highest BCUT2D eigenvalue weighted by Gasteiger charge is 2.16. The molecule has 0 aliphatic carbocycles. The van der Waals surface area contributed by atoms with E-state index in [0.717, 1.165) is 9.08 Å². The normalized spacial score (nSPS) is 10.1. The Morgan fingerprint density at radius 1 is 1.18 bits per heavy atom. The summed E-state index contributed by atoms with van der Waals surface area (Å²) in [5.41, 5.74) is 16.7. The molecular weight excluding hydrogens is 534 g/mol. The number of aryl methyl sites for hydroxylation is 2. The molecular formula is C19H19N15O6. The van der Waals surface area contributed by atoms with Gasteiger partial charge in [-0.3, -0.25) is 9.59 Å². The molecule has 0 atom stereocenters. The van der Waals surface area contributed by atoms with Crippen molar-refractivity contribution < 1.29 is 23.4 Å². The lowest BCUT2D eigenvalue weighted by Crippen LogP contribution is -2.30. The number of nitrogens with two attached hydrogens (primary N) is 2. The number of nitrogens with one attached hydrogen (secondary N) is 2. The Bertz CT molecular complexity index is 1750. The van der Waals surface area contributed by atoms with Gasteiger partial charge in [0.15, 0.2) is 28.6 Å². The molecule has 0 saturated heterocycles. The van der Waals surface area contributed by atoms with Gasteiger partial charge in [0.2, 0.25) is 17.8 Å². The Labute approximate surface area is 220 Å². The average Bonchev–Trinajstić information content (AvgIpc) is 3.72. The van der Waals surface area contributed by atoms with Gasteiger partial charge in [0, 0.05) is 6.07 Å². The zero-order chi connectivity index (χ0) is 29.2. The first kappa shape index (κ1) is 28.3. The van der Waals surface area contributed by atoms with Gasteiger partial charge in [-0.05, 0) is 13.8 Å². The number of nitrogens with zero attached hydrogens (tertiary/aromatic N) is 11. The summed E-state index contributed by atoms with van der Waals surface area (Å²) in [5, 5.41) is 17.7. The number of primary amides is 2. The molecule has 0 bridgehead atoms. The van der Waals surface area contributed by atoms with Gasteiger partial charge in [0.25, 0.3) is 11.8 Å². The van der Waals surface area contributed by atoms with E-state index in [4.69, 9.17) is 21.5 Å². The van der Waals surface area contributed by atoms with Gasteiger partial charge in [0.05, 0.1) is 12.0 Å². The summed E-state index contributed by atoms with van der Waals surface area (Å²) in [4.78, 5) is 60.1. The largest absolute Gasteiger partial charge is 0.364 e. The van der Waals surface area contributed by atoms with Crippen molar-refractivity contribution in [2.75, 3.05) is 0 Å². The third kappa shape index (κ3) is 6.95. The molecule has 2 amide bonds. The molecule has 0 radical (unpaired) electrons. The second-order valence-corrected chi connectivity index (χ2v) is 7.34. The Hall–Kier alpha value is -6.24. The summed E-state index contributed by atoms with van der Waals surface area (Å²) in [6.45, 7) is 3.65. The lowest BCUT2D eigenvalue weighted by molar-refractivity contribution is 0.0988. The number of rotatable bonds is 7. The van der Waals surface area contributed by atoms with E-state index in [1.54, 1.807) is 19.9 Å². The molecule has 6 N–H and O–H groups in total. The number of isocyanates is 1. The topological polar surface area (TPSA) is 311 Å². The van der Waals surface area contributed by atoms with Crippen molar-refractivity contribution in [3.8, 4) is 0 Å². The van der Waals surface area contributed by atoms with Crippen molar-refractivity contribution in [2.45, 2.75) is 26.9 Å². The lowest BCUT2D eigenvalue weighted by atomic mass is 10.4. The number of carbonyl (C=O) groups is 2. The van der Waals surface area contributed by atoms with Gasteiger partial charge in [-0.25, -0.2) is 29.5 Å². The fraction of sp³-hybridized carbons (Fsp3) is 0.211. The monoisotopic (exact) mass is 553 g/mol. The van der Waals surface area contributed by atoms with Crippen molar-refractivity contribution in [3.63, 3.8) is 0 Å². The van der Waals surface area contributed by atoms with Gasteiger partial charge in [-0.2, -0.15) is 14.7 Å². The summed E-state index contributed by atoms with van der Waals surface area (Å²) < 4.78 is 11.8. The predicted octanol–water partition coefficient (Wildman–Crippen LogP) is -0.885. The van der Waals surface area contributed by atoms with E-state index < -0.39 is 17.5 Å². The molecule has 40 heavy (non-hydrogen) atoms. The molecule has 0 spiro atoms. The summed E-state index contributed by atoms with van der Waals surface area (Å²) in [6.07, 6.45) is 3.81. The van der Waals surface area contributed by atoms with Crippen molar-refractivity contribution in [1.29, 1.82) is 5.53 Å². The molecule has 0 saturated carbocycles. The second-order valence-electron chi connectivity index (χ2n) is 7.34. The second kappa shape index (κ2) is 12.8. The summed E-state index contributed by atoms with van der Waals surface area (Å²) in [5.74, 6) is -0.0775. The number of aromatic nitrogens is 10. The van der Waals surface area contributed by atoms with Crippen LogP contribution in [0.25, 0.3) is 5.65 Å². The highest BCUT2D eigenvalue weighted by molar-refractivity contribution is 5.96. The maximum absolute atomic E-state index is 12.1. The third-order valence-electron chi connectivity index (χ3n) is 4.45. The van der Waals surface area contributed by atoms with Crippen LogP contribution in [0, 0.1) is 19.4 Å². The first-order valence-corrected chi connectivity index (χ1v) is 10.7. The quantitative estimate of drug-likeness (QED) is 0.108. The first-order valence-electron chi connectivity index (χ1n) is 10.7. The molecule has 0 aliphatic heterocycles. The van der Waals surface area contributed by atoms with Crippen molar-refractivity contribution in [3.05, 3.63) is 63.8 Å². The lowest BCUT2D eigenvalue weighted by Gasteiger charge is -2.00. The third-order valence-corrected chi connectivity index (χ3v) is 4.45. The van der Waals surface area contributed by atoms with E-state index in [0.29, 0.717) is 23.2 Å². The van der Waals surface area contributed by atoms with Gasteiger partial charge in [-0.15, -0.1) is 10.2 Å². The van der Waals surface area contributed by atoms with Crippen LogP contribution >= 0.6 is 0 Å². The number of amides is 2. The Morgan fingerprint density at radius 3 is 2.50 bits per heavy atom. The summed E-state index contributed by atoms with van der Waals surface area (Å²) in [6, 6.07) is 1.68. The number of aliphatic imine (C=N–C) groups is 1. The zero-order valence-electron chi connectivity index (χ0n) is 20.7.